The van der Waals surface area contributed by atoms with E-state index in [1.54, 1.807) is 12.1 Å². The van der Waals surface area contributed by atoms with Crippen LogP contribution < -0.4 is 0 Å². The molecule has 1 aliphatic carbocycles. The van der Waals surface area contributed by atoms with E-state index >= 15 is 0 Å². The van der Waals surface area contributed by atoms with Gasteiger partial charge >= 0.3 is 0 Å². The second kappa shape index (κ2) is 7.20. The van der Waals surface area contributed by atoms with Gasteiger partial charge in [0.2, 0.25) is 5.91 Å². The van der Waals surface area contributed by atoms with Crippen LogP contribution in [0.5, 0.6) is 0 Å². The van der Waals surface area contributed by atoms with Gasteiger partial charge in [-0.05, 0) is 37.0 Å². The minimum absolute atomic E-state index is 0.189. The topological polar surface area (TPSA) is 32.8 Å². The predicted molar refractivity (Wildman–Crippen MR) is 82.1 cm³/mol. The summed E-state index contributed by atoms with van der Waals surface area (Å²) in [6, 6.07) is 7.25. The fraction of sp³-hybridized carbons (Fsp3) is 0.588. The molecule has 1 saturated carbocycles. The van der Waals surface area contributed by atoms with Crippen LogP contribution in [0.2, 0.25) is 0 Å². The maximum Gasteiger partial charge on any atom is 0.236 e. The zero-order valence-electron chi connectivity index (χ0n) is 12.8. The van der Waals surface area contributed by atoms with Gasteiger partial charge in [-0.1, -0.05) is 12.1 Å². The Labute approximate surface area is 130 Å². The van der Waals surface area contributed by atoms with E-state index in [1.165, 1.54) is 18.9 Å². The van der Waals surface area contributed by atoms with Crippen LogP contribution in [0.4, 0.5) is 4.39 Å². The molecule has 22 heavy (non-hydrogen) atoms. The average molecular weight is 306 g/mol. The van der Waals surface area contributed by atoms with Crippen molar-refractivity contribution in [3.8, 4) is 0 Å². The van der Waals surface area contributed by atoms with Gasteiger partial charge < -0.3 is 9.64 Å². The summed E-state index contributed by atoms with van der Waals surface area (Å²) in [6.45, 7) is 3.95. The van der Waals surface area contributed by atoms with Gasteiger partial charge in [0.25, 0.3) is 0 Å². The molecule has 1 aromatic carbocycles. The van der Waals surface area contributed by atoms with Gasteiger partial charge in [0.05, 0.1) is 19.8 Å². The third-order valence-corrected chi connectivity index (χ3v) is 4.34. The lowest BCUT2D eigenvalue weighted by Gasteiger charge is -2.30. The van der Waals surface area contributed by atoms with Crippen LogP contribution in [-0.2, 0) is 16.0 Å². The van der Waals surface area contributed by atoms with Crippen molar-refractivity contribution in [1.29, 1.82) is 0 Å². The number of benzene rings is 1. The van der Waals surface area contributed by atoms with E-state index in [2.05, 4.69) is 4.90 Å². The summed E-state index contributed by atoms with van der Waals surface area (Å²) in [5.74, 6) is -0.00527. The molecule has 1 aliphatic heterocycles. The quantitative estimate of drug-likeness (QED) is 0.802. The normalized spacial score (nSPS) is 18.7. The fourth-order valence-electron chi connectivity index (χ4n) is 2.88. The smallest absolute Gasteiger partial charge is 0.236 e. The molecular weight excluding hydrogens is 283 g/mol. The van der Waals surface area contributed by atoms with Crippen LogP contribution in [0.3, 0.4) is 0 Å². The Morgan fingerprint density at radius 2 is 2.09 bits per heavy atom. The summed E-state index contributed by atoms with van der Waals surface area (Å²) >= 11 is 0. The molecule has 0 N–H and O–H groups in total. The number of morpholine rings is 1. The number of carbonyl (C=O) groups is 1. The highest BCUT2D eigenvalue weighted by Crippen LogP contribution is 2.27. The zero-order valence-corrected chi connectivity index (χ0v) is 12.8. The lowest BCUT2D eigenvalue weighted by molar-refractivity contribution is -0.136. The molecule has 3 rings (SSSR count). The van der Waals surface area contributed by atoms with Crippen LogP contribution in [0.25, 0.3) is 0 Å². The molecule has 1 heterocycles. The zero-order chi connectivity index (χ0) is 15.4. The Balaban J connectivity index is 1.52. The van der Waals surface area contributed by atoms with Gasteiger partial charge in [-0.25, -0.2) is 4.39 Å². The fourth-order valence-corrected chi connectivity index (χ4v) is 2.88. The van der Waals surface area contributed by atoms with Gasteiger partial charge in [-0.15, -0.1) is 0 Å². The number of ether oxygens (including phenoxy) is 1. The summed E-state index contributed by atoms with van der Waals surface area (Å²) in [6.07, 6.45) is 3.11. The lowest BCUT2D eigenvalue weighted by atomic mass is 10.1. The summed E-state index contributed by atoms with van der Waals surface area (Å²) < 4.78 is 18.5. The number of nitrogens with zero attached hydrogens (tertiary/aromatic N) is 2. The number of amides is 1. The molecule has 1 amide bonds. The average Bonchev–Trinajstić information content (AvgIpc) is 3.37. The van der Waals surface area contributed by atoms with E-state index in [-0.39, 0.29) is 11.7 Å². The van der Waals surface area contributed by atoms with Crippen molar-refractivity contribution in [3.63, 3.8) is 0 Å². The van der Waals surface area contributed by atoms with Crippen LogP contribution in [0.15, 0.2) is 24.3 Å². The van der Waals surface area contributed by atoms with Gasteiger partial charge in [-0.3, -0.25) is 9.69 Å². The number of hydrogen-bond donors (Lipinski definition) is 0. The summed E-state index contributed by atoms with van der Waals surface area (Å²) in [5.41, 5.74) is 0.990. The third-order valence-electron chi connectivity index (χ3n) is 4.34. The molecule has 2 aliphatic rings. The standard InChI is InChI=1S/C17H23FN2O2/c18-15-3-1-2-14(12-15)6-7-20(16-4-5-16)13-17(21)19-8-10-22-11-9-19/h1-3,12,16H,4-11,13H2. The van der Waals surface area contributed by atoms with E-state index in [0.717, 1.165) is 18.5 Å². The van der Waals surface area contributed by atoms with E-state index in [0.29, 0.717) is 38.9 Å². The van der Waals surface area contributed by atoms with Crippen LogP contribution in [0, 0.1) is 5.82 Å². The number of hydrogen-bond acceptors (Lipinski definition) is 3. The highest BCUT2D eigenvalue weighted by Gasteiger charge is 2.31. The van der Waals surface area contributed by atoms with Gasteiger partial charge in [0.15, 0.2) is 0 Å². The molecule has 4 nitrogen and oxygen atoms in total. The number of halogens is 1. The minimum Gasteiger partial charge on any atom is -0.378 e. The summed E-state index contributed by atoms with van der Waals surface area (Å²) in [5, 5.41) is 0. The maximum absolute atomic E-state index is 13.2. The molecule has 0 unspecified atom stereocenters. The SMILES string of the molecule is O=C(CN(CCc1cccc(F)c1)C1CC1)N1CCOCC1. The molecule has 2 fully saturated rings. The molecule has 120 valence electrons. The largest absolute Gasteiger partial charge is 0.378 e. The van der Waals surface area contributed by atoms with Crippen LogP contribution >= 0.6 is 0 Å². The van der Waals surface area contributed by atoms with Crippen molar-refractivity contribution in [2.75, 3.05) is 39.4 Å². The molecule has 0 spiro atoms. The molecule has 0 atom stereocenters. The maximum atomic E-state index is 13.2. The Morgan fingerprint density at radius 1 is 1.32 bits per heavy atom. The molecular formula is C17H23FN2O2. The van der Waals surface area contributed by atoms with E-state index in [1.807, 2.05) is 11.0 Å². The minimum atomic E-state index is -0.195. The predicted octanol–water partition coefficient (Wildman–Crippen LogP) is 1.69. The van der Waals surface area contributed by atoms with Crippen molar-refractivity contribution in [3.05, 3.63) is 35.6 Å². The third kappa shape index (κ3) is 4.27. The highest BCUT2D eigenvalue weighted by atomic mass is 19.1. The van der Waals surface area contributed by atoms with Crippen LogP contribution in [-0.4, -0.2) is 61.1 Å². The highest BCUT2D eigenvalue weighted by molar-refractivity contribution is 5.78. The molecule has 5 heteroatoms. The van der Waals surface area contributed by atoms with Crippen LogP contribution in [0.1, 0.15) is 18.4 Å². The first-order valence-corrected chi connectivity index (χ1v) is 8.06. The molecule has 0 aromatic heterocycles. The first kappa shape index (κ1) is 15.4. The second-order valence-corrected chi connectivity index (χ2v) is 6.07. The molecule has 1 saturated heterocycles. The van der Waals surface area contributed by atoms with Gasteiger partial charge in [-0.2, -0.15) is 0 Å². The first-order valence-electron chi connectivity index (χ1n) is 8.06. The number of carbonyl (C=O) groups excluding carboxylic acids is 1. The Hall–Kier alpha value is -1.46. The van der Waals surface area contributed by atoms with Crippen molar-refractivity contribution in [2.24, 2.45) is 0 Å². The van der Waals surface area contributed by atoms with Crippen molar-refractivity contribution in [1.82, 2.24) is 9.80 Å². The Morgan fingerprint density at radius 3 is 2.77 bits per heavy atom. The molecule has 1 aromatic rings. The van der Waals surface area contributed by atoms with Gasteiger partial charge in [0.1, 0.15) is 5.82 Å². The van der Waals surface area contributed by atoms with Gasteiger partial charge in [0, 0.05) is 25.7 Å². The first-order chi connectivity index (χ1) is 10.7. The van der Waals surface area contributed by atoms with E-state index in [4.69, 9.17) is 4.74 Å². The lowest BCUT2D eigenvalue weighted by Crippen LogP contribution is -2.46. The van der Waals surface area contributed by atoms with Crippen molar-refractivity contribution in [2.45, 2.75) is 25.3 Å². The summed E-state index contributed by atoms with van der Waals surface area (Å²) in [4.78, 5) is 16.5. The summed E-state index contributed by atoms with van der Waals surface area (Å²) in [7, 11) is 0. The Bertz CT molecular complexity index is 513. The number of rotatable bonds is 6. The van der Waals surface area contributed by atoms with Crippen molar-refractivity contribution >= 4 is 5.91 Å². The van der Waals surface area contributed by atoms with E-state index < -0.39 is 0 Å². The second-order valence-electron chi connectivity index (χ2n) is 6.07. The monoisotopic (exact) mass is 306 g/mol. The Kier molecular flexibility index (Phi) is 5.05. The molecule has 0 bridgehead atoms. The molecule has 0 radical (unpaired) electrons. The van der Waals surface area contributed by atoms with Crippen molar-refractivity contribution < 1.29 is 13.9 Å². The van der Waals surface area contributed by atoms with E-state index in [9.17, 15) is 9.18 Å².